The highest BCUT2D eigenvalue weighted by Gasteiger charge is 2.17. The lowest BCUT2D eigenvalue weighted by molar-refractivity contribution is 0.237. The van der Waals surface area contributed by atoms with E-state index >= 15 is 0 Å². The van der Waals surface area contributed by atoms with Crippen LogP contribution in [0.15, 0.2) is 103 Å². The van der Waals surface area contributed by atoms with E-state index in [1.165, 1.54) is 18.9 Å². The topological polar surface area (TPSA) is 92.0 Å². The molecule has 1 aliphatic rings. The number of nitrogens with one attached hydrogen (secondary N) is 2. The number of aromatic amines is 2. The van der Waals surface area contributed by atoms with Gasteiger partial charge in [-0.3, -0.25) is 15.0 Å². The van der Waals surface area contributed by atoms with Crippen molar-refractivity contribution in [3.05, 3.63) is 115 Å². The Morgan fingerprint density at radius 2 is 1.66 bits per heavy atom. The summed E-state index contributed by atoms with van der Waals surface area (Å²) >= 11 is 0. The van der Waals surface area contributed by atoms with Crippen LogP contribution in [0, 0.1) is 5.82 Å². The molecule has 0 atom stereocenters. The minimum absolute atomic E-state index is 0.328. The monoisotopic (exact) mass is 624 g/mol. The third-order valence-electron chi connectivity index (χ3n) is 8.64. The molecule has 0 radical (unpaired) electrons. The summed E-state index contributed by atoms with van der Waals surface area (Å²) in [7, 11) is 0. The molecule has 234 valence electrons. The second kappa shape index (κ2) is 12.7. The summed E-state index contributed by atoms with van der Waals surface area (Å²) < 4.78 is 26.8. The number of aromatic nitrogens is 5. The van der Waals surface area contributed by atoms with E-state index in [1.807, 2.05) is 78.9 Å². The number of pyridine rings is 2. The van der Waals surface area contributed by atoms with Crippen LogP contribution in [0.5, 0.6) is 11.5 Å². The number of benzene rings is 3. The van der Waals surface area contributed by atoms with Crippen molar-refractivity contribution in [1.29, 1.82) is 0 Å². The zero-order chi connectivity index (χ0) is 31.6. The Labute approximate surface area is 271 Å². The molecule has 5 heterocycles. The van der Waals surface area contributed by atoms with Crippen molar-refractivity contribution in [3.8, 4) is 45.3 Å². The first-order valence-corrected chi connectivity index (χ1v) is 15.9. The SMILES string of the molecule is Fc1cc(OCCN2CCCC2)cc(-c2cccc3[nH]c(-c4n[nH]c5ccc(-c6cncc(OCc7ccccc7)c6)nc45)cc23)c1. The van der Waals surface area contributed by atoms with Crippen molar-refractivity contribution in [1.82, 2.24) is 30.0 Å². The number of fused-ring (bicyclic) bond motifs is 2. The number of likely N-dealkylation sites (tertiary alicyclic amines) is 1. The number of nitrogens with zero attached hydrogens (tertiary/aromatic N) is 4. The maximum Gasteiger partial charge on any atom is 0.138 e. The fourth-order valence-electron chi connectivity index (χ4n) is 6.26. The lowest BCUT2D eigenvalue weighted by Gasteiger charge is -2.15. The number of ether oxygens (including phenoxy) is 2. The molecule has 0 aliphatic carbocycles. The Morgan fingerprint density at radius 3 is 2.55 bits per heavy atom. The summed E-state index contributed by atoms with van der Waals surface area (Å²) in [5.74, 6) is 0.873. The third-order valence-corrected chi connectivity index (χ3v) is 8.64. The van der Waals surface area contributed by atoms with Crippen LogP contribution in [0.4, 0.5) is 4.39 Å². The van der Waals surface area contributed by atoms with Gasteiger partial charge < -0.3 is 14.5 Å². The van der Waals surface area contributed by atoms with E-state index in [-0.39, 0.29) is 5.82 Å². The number of halogens is 1. The quantitative estimate of drug-likeness (QED) is 0.160. The molecular formula is C38H33FN6O2. The van der Waals surface area contributed by atoms with Gasteiger partial charge >= 0.3 is 0 Å². The zero-order valence-corrected chi connectivity index (χ0v) is 25.7. The van der Waals surface area contributed by atoms with Crippen molar-refractivity contribution in [2.24, 2.45) is 0 Å². The Bertz CT molecular complexity index is 2170. The Kier molecular flexibility index (Phi) is 7.80. The van der Waals surface area contributed by atoms with E-state index in [4.69, 9.17) is 14.5 Å². The molecule has 8 rings (SSSR count). The van der Waals surface area contributed by atoms with Crippen LogP contribution in [0.3, 0.4) is 0 Å². The highest BCUT2D eigenvalue weighted by molar-refractivity contribution is 6.00. The van der Waals surface area contributed by atoms with Crippen molar-refractivity contribution in [2.75, 3.05) is 26.2 Å². The van der Waals surface area contributed by atoms with Gasteiger partial charge in [0.25, 0.3) is 0 Å². The molecule has 7 aromatic rings. The molecule has 47 heavy (non-hydrogen) atoms. The summed E-state index contributed by atoms with van der Waals surface area (Å²) in [6, 6.07) is 28.8. The van der Waals surface area contributed by atoms with Crippen LogP contribution in [-0.2, 0) is 6.61 Å². The van der Waals surface area contributed by atoms with E-state index in [0.29, 0.717) is 30.4 Å². The molecule has 1 fully saturated rings. The second-order valence-electron chi connectivity index (χ2n) is 11.9. The van der Waals surface area contributed by atoms with Gasteiger partial charge in [-0.05, 0) is 85.1 Å². The Balaban J connectivity index is 1.08. The number of H-pyrrole nitrogens is 2. The van der Waals surface area contributed by atoms with Crippen molar-refractivity contribution >= 4 is 21.9 Å². The average Bonchev–Trinajstić information content (AvgIpc) is 3.87. The van der Waals surface area contributed by atoms with Crippen LogP contribution < -0.4 is 9.47 Å². The summed E-state index contributed by atoms with van der Waals surface area (Å²) in [5, 5.41) is 8.70. The van der Waals surface area contributed by atoms with Gasteiger partial charge in [-0.25, -0.2) is 9.37 Å². The lowest BCUT2D eigenvalue weighted by atomic mass is 10.0. The Hall–Kier alpha value is -5.54. The molecule has 0 saturated carbocycles. The predicted molar refractivity (Wildman–Crippen MR) is 182 cm³/mol. The predicted octanol–water partition coefficient (Wildman–Crippen LogP) is 8.03. The van der Waals surface area contributed by atoms with Crippen LogP contribution in [0.25, 0.3) is 55.7 Å². The summed E-state index contributed by atoms with van der Waals surface area (Å²) in [4.78, 5) is 15.3. The summed E-state index contributed by atoms with van der Waals surface area (Å²) in [6.07, 6.45) is 5.95. The van der Waals surface area contributed by atoms with Crippen molar-refractivity contribution in [2.45, 2.75) is 19.4 Å². The fraction of sp³-hybridized carbons (Fsp3) is 0.184. The van der Waals surface area contributed by atoms with Crippen LogP contribution >= 0.6 is 0 Å². The van der Waals surface area contributed by atoms with E-state index in [1.54, 1.807) is 18.5 Å². The summed E-state index contributed by atoms with van der Waals surface area (Å²) in [6.45, 7) is 4.04. The third kappa shape index (κ3) is 6.17. The molecule has 1 saturated heterocycles. The van der Waals surface area contributed by atoms with E-state index < -0.39 is 0 Å². The van der Waals surface area contributed by atoms with Crippen LogP contribution in [0.2, 0.25) is 0 Å². The van der Waals surface area contributed by atoms with Gasteiger partial charge in [-0.2, -0.15) is 5.10 Å². The second-order valence-corrected chi connectivity index (χ2v) is 11.9. The van der Waals surface area contributed by atoms with Gasteiger partial charge in [0, 0.05) is 35.3 Å². The molecule has 2 N–H and O–H groups in total. The largest absolute Gasteiger partial charge is 0.492 e. The number of hydrogen-bond donors (Lipinski definition) is 2. The van der Waals surface area contributed by atoms with Crippen LogP contribution in [-0.4, -0.2) is 56.3 Å². The smallest absolute Gasteiger partial charge is 0.138 e. The normalized spacial score (nSPS) is 13.5. The van der Waals surface area contributed by atoms with Gasteiger partial charge in [0.15, 0.2) is 0 Å². The minimum Gasteiger partial charge on any atom is -0.492 e. The van der Waals surface area contributed by atoms with E-state index in [0.717, 1.165) is 75.2 Å². The first-order chi connectivity index (χ1) is 23.2. The number of rotatable bonds is 10. The van der Waals surface area contributed by atoms with Crippen LogP contribution in [0.1, 0.15) is 18.4 Å². The molecule has 0 amide bonds. The van der Waals surface area contributed by atoms with Gasteiger partial charge in [0.05, 0.1) is 23.1 Å². The van der Waals surface area contributed by atoms with Crippen molar-refractivity contribution in [3.63, 3.8) is 0 Å². The number of hydrogen-bond acceptors (Lipinski definition) is 6. The molecule has 8 nitrogen and oxygen atoms in total. The minimum atomic E-state index is -0.328. The Morgan fingerprint density at radius 1 is 0.787 bits per heavy atom. The fourth-order valence-corrected chi connectivity index (χ4v) is 6.26. The molecule has 0 bridgehead atoms. The van der Waals surface area contributed by atoms with Gasteiger partial charge in [-0.1, -0.05) is 42.5 Å². The van der Waals surface area contributed by atoms with E-state index in [9.17, 15) is 4.39 Å². The zero-order valence-electron chi connectivity index (χ0n) is 25.7. The first kappa shape index (κ1) is 28.9. The van der Waals surface area contributed by atoms with E-state index in [2.05, 4.69) is 25.1 Å². The molecule has 1 aliphatic heterocycles. The standard InChI is InChI=1S/C38H33FN6O2/c39-28-17-26(18-29(20-28)46-16-15-45-13-4-5-14-45)31-9-6-10-34-32(31)21-36(41-34)38-37-35(43-44-38)12-11-33(42-37)27-19-30(23-40-22-27)47-24-25-7-2-1-3-8-25/h1-3,6-12,17-23,41H,4-5,13-16,24H2,(H,43,44). The average molecular weight is 625 g/mol. The van der Waals surface area contributed by atoms with Crippen molar-refractivity contribution < 1.29 is 13.9 Å². The molecule has 9 heteroatoms. The van der Waals surface area contributed by atoms with Gasteiger partial charge in [0.2, 0.25) is 0 Å². The molecule has 0 unspecified atom stereocenters. The maximum absolute atomic E-state index is 14.8. The lowest BCUT2D eigenvalue weighted by Crippen LogP contribution is -2.25. The molecule has 0 spiro atoms. The molecule has 3 aromatic carbocycles. The molecule has 4 aromatic heterocycles. The highest BCUT2D eigenvalue weighted by atomic mass is 19.1. The van der Waals surface area contributed by atoms with Gasteiger partial charge in [0.1, 0.15) is 41.7 Å². The van der Waals surface area contributed by atoms with Gasteiger partial charge in [-0.15, -0.1) is 0 Å². The molecular weight excluding hydrogens is 591 g/mol. The first-order valence-electron chi connectivity index (χ1n) is 15.9. The summed E-state index contributed by atoms with van der Waals surface area (Å²) in [5.41, 5.74) is 8.29. The maximum atomic E-state index is 14.8. The highest BCUT2D eigenvalue weighted by Crippen LogP contribution is 2.36.